The van der Waals surface area contributed by atoms with E-state index in [0.717, 1.165) is 12.1 Å². The van der Waals surface area contributed by atoms with E-state index in [1.165, 1.54) is 19.2 Å². The molecule has 0 radical (unpaired) electrons. The van der Waals surface area contributed by atoms with Gasteiger partial charge < -0.3 is 15.4 Å². The molecule has 1 aromatic heterocycles. The number of nitrogens with zero attached hydrogens (tertiary/aromatic N) is 2. The second kappa shape index (κ2) is 7.53. The van der Waals surface area contributed by atoms with Crippen molar-refractivity contribution in [2.24, 2.45) is 0 Å². The highest BCUT2D eigenvalue weighted by Gasteiger charge is 2.12. The largest absolute Gasteiger partial charge is 0.495 e. The second-order valence-electron chi connectivity index (χ2n) is 5.38. The van der Waals surface area contributed by atoms with Gasteiger partial charge in [-0.25, -0.2) is 18.7 Å². The summed E-state index contributed by atoms with van der Waals surface area (Å²) in [7, 11) is 1.54. The standard InChI is InChI=1S/C18H15ClF2N4O/c1-10-22-16(24-14-8-11(19)6-7-15(14)26-2)9-17(23-10)25-18-12(20)4-3-5-13(18)21/h3-9H,1-2H3,(H2,22,23,24,25). The van der Waals surface area contributed by atoms with Crippen LogP contribution in [0, 0.1) is 18.6 Å². The molecule has 0 aliphatic heterocycles. The van der Waals surface area contributed by atoms with Crippen LogP contribution in [-0.4, -0.2) is 17.1 Å². The van der Waals surface area contributed by atoms with Gasteiger partial charge in [-0.2, -0.15) is 0 Å². The van der Waals surface area contributed by atoms with Crippen LogP contribution in [0.1, 0.15) is 5.82 Å². The third-order valence-electron chi connectivity index (χ3n) is 3.48. The lowest BCUT2D eigenvalue weighted by Gasteiger charge is -2.13. The Morgan fingerprint density at radius 2 is 1.62 bits per heavy atom. The summed E-state index contributed by atoms with van der Waals surface area (Å²) in [6.45, 7) is 1.67. The van der Waals surface area contributed by atoms with Crippen LogP contribution in [0.3, 0.4) is 0 Å². The minimum absolute atomic E-state index is 0.241. The first kappa shape index (κ1) is 17.9. The molecule has 0 fully saturated rings. The van der Waals surface area contributed by atoms with Gasteiger partial charge in [-0.05, 0) is 37.3 Å². The minimum Gasteiger partial charge on any atom is -0.495 e. The van der Waals surface area contributed by atoms with E-state index < -0.39 is 11.6 Å². The maximum atomic E-state index is 13.8. The van der Waals surface area contributed by atoms with Crippen LogP contribution in [-0.2, 0) is 0 Å². The van der Waals surface area contributed by atoms with E-state index in [2.05, 4.69) is 20.6 Å². The normalized spacial score (nSPS) is 10.5. The van der Waals surface area contributed by atoms with Crippen molar-refractivity contribution < 1.29 is 13.5 Å². The number of hydrogen-bond donors (Lipinski definition) is 2. The quantitative estimate of drug-likeness (QED) is 0.640. The van der Waals surface area contributed by atoms with Gasteiger partial charge in [0.05, 0.1) is 12.8 Å². The first-order valence-electron chi connectivity index (χ1n) is 7.63. The Hall–Kier alpha value is -2.93. The summed E-state index contributed by atoms with van der Waals surface area (Å²) >= 11 is 6.02. The van der Waals surface area contributed by atoms with E-state index in [0.29, 0.717) is 28.1 Å². The number of hydrogen-bond acceptors (Lipinski definition) is 5. The predicted molar refractivity (Wildman–Crippen MR) is 97.7 cm³/mol. The average molecular weight is 377 g/mol. The Balaban J connectivity index is 1.92. The topological polar surface area (TPSA) is 59.1 Å². The van der Waals surface area contributed by atoms with Crippen molar-refractivity contribution in [3.05, 3.63) is 64.9 Å². The molecule has 26 heavy (non-hydrogen) atoms. The van der Waals surface area contributed by atoms with Crippen LogP contribution >= 0.6 is 11.6 Å². The van der Waals surface area contributed by atoms with Gasteiger partial charge in [-0.3, -0.25) is 0 Å². The number of ether oxygens (including phenoxy) is 1. The third kappa shape index (κ3) is 4.00. The monoisotopic (exact) mass is 376 g/mol. The molecule has 3 rings (SSSR count). The van der Waals surface area contributed by atoms with Crippen molar-refractivity contribution in [2.75, 3.05) is 17.7 Å². The fraction of sp³-hybridized carbons (Fsp3) is 0.111. The van der Waals surface area contributed by atoms with E-state index in [-0.39, 0.29) is 11.5 Å². The highest BCUT2D eigenvalue weighted by atomic mass is 35.5. The smallest absolute Gasteiger partial charge is 0.149 e. The molecular weight excluding hydrogens is 362 g/mol. The van der Waals surface area contributed by atoms with Gasteiger partial charge in [0.1, 0.15) is 40.5 Å². The van der Waals surface area contributed by atoms with Crippen LogP contribution in [0.4, 0.5) is 31.8 Å². The molecule has 0 aliphatic carbocycles. The summed E-state index contributed by atoms with van der Waals surface area (Å²) < 4.78 is 32.9. The van der Waals surface area contributed by atoms with Crippen LogP contribution in [0.2, 0.25) is 5.02 Å². The van der Waals surface area contributed by atoms with E-state index in [9.17, 15) is 8.78 Å². The number of aromatic nitrogens is 2. The van der Waals surface area contributed by atoms with Gasteiger partial charge in [-0.15, -0.1) is 0 Å². The Bertz CT molecular complexity index is 932. The number of halogens is 3. The molecule has 3 aromatic rings. The molecule has 0 atom stereocenters. The molecule has 2 N–H and O–H groups in total. The molecule has 0 saturated heterocycles. The zero-order valence-corrected chi connectivity index (χ0v) is 14.7. The van der Waals surface area contributed by atoms with Crippen molar-refractivity contribution in [3.8, 4) is 5.75 Å². The second-order valence-corrected chi connectivity index (χ2v) is 5.81. The summed E-state index contributed by atoms with van der Waals surface area (Å²) in [6.07, 6.45) is 0. The molecule has 0 unspecified atom stereocenters. The molecule has 1 heterocycles. The molecule has 2 aromatic carbocycles. The van der Waals surface area contributed by atoms with Crippen LogP contribution in [0.5, 0.6) is 5.75 Å². The van der Waals surface area contributed by atoms with E-state index in [1.54, 1.807) is 25.1 Å². The van der Waals surface area contributed by atoms with E-state index >= 15 is 0 Å². The minimum atomic E-state index is -0.715. The van der Waals surface area contributed by atoms with Crippen molar-refractivity contribution in [1.29, 1.82) is 0 Å². The van der Waals surface area contributed by atoms with Gasteiger partial charge >= 0.3 is 0 Å². The molecule has 8 heteroatoms. The number of aryl methyl sites for hydroxylation is 1. The fourth-order valence-corrected chi connectivity index (χ4v) is 2.53. The number of benzene rings is 2. The van der Waals surface area contributed by atoms with Crippen molar-refractivity contribution in [1.82, 2.24) is 9.97 Å². The summed E-state index contributed by atoms with van der Waals surface area (Å²) in [4.78, 5) is 8.43. The van der Waals surface area contributed by atoms with Crippen molar-refractivity contribution >= 4 is 34.6 Å². The van der Waals surface area contributed by atoms with Crippen molar-refractivity contribution in [3.63, 3.8) is 0 Å². The highest BCUT2D eigenvalue weighted by Crippen LogP contribution is 2.31. The van der Waals surface area contributed by atoms with Crippen molar-refractivity contribution in [2.45, 2.75) is 6.92 Å². The molecule has 0 amide bonds. The molecule has 0 spiro atoms. The molecule has 0 bridgehead atoms. The van der Waals surface area contributed by atoms with Gasteiger partial charge in [0, 0.05) is 11.1 Å². The average Bonchev–Trinajstić information content (AvgIpc) is 2.58. The summed E-state index contributed by atoms with van der Waals surface area (Å²) in [5.41, 5.74) is 0.318. The van der Waals surface area contributed by atoms with Crippen LogP contribution in [0.15, 0.2) is 42.5 Å². The van der Waals surface area contributed by atoms with Gasteiger partial charge in [0.25, 0.3) is 0 Å². The van der Waals surface area contributed by atoms with E-state index in [1.807, 2.05) is 0 Å². The Kier molecular flexibility index (Phi) is 5.18. The molecular formula is C18H15ClF2N4O. The number of anilines is 4. The van der Waals surface area contributed by atoms with Gasteiger partial charge in [0.2, 0.25) is 0 Å². The third-order valence-corrected chi connectivity index (χ3v) is 3.71. The highest BCUT2D eigenvalue weighted by molar-refractivity contribution is 6.31. The first-order valence-corrected chi connectivity index (χ1v) is 8.01. The number of nitrogens with one attached hydrogen (secondary N) is 2. The summed E-state index contributed by atoms with van der Waals surface area (Å²) in [6, 6.07) is 10.2. The van der Waals surface area contributed by atoms with Crippen LogP contribution in [0.25, 0.3) is 0 Å². The fourth-order valence-electron chi connectivity index (χ4n) is 2.36. The van der Waals surface area contributed by atoms with Gasteiger partial charge in [0.15, 0.2) is 0 Å². The Morgan fingerprint density at radius 1 is 0.962 bits per heavy atom. The molecule has 5 nitrogen and oxygen atoms in total. The molecule has 0 aliphatic rings. The lowest BCUT2D eigenvalue weighted by Crippen LogP contribution is -2.04. The lowest BCUT2D eigenvalue weighted by molar-refractivity contribution is 0.417. The Morgan fingerprint density at radius 3 is 2.27 bits per heavy atom. The zero-order valence-electron chi connectivity index (χ0n) is 14.0. The predicted octanol–water partition coefficient (Wildman–Crippen LogP) is 5.21. The summed E-state index contributed by atoms with van der Waals surface area (Å²) in [5, 5.41) is 6.24. The first-order chi connectivity index (χ1) is 12.5. The van der Waals surface area contributed by atoms with E-state index in [4.69, 9.17) is 16.3 Å². The Labute approximate surface area is 154 Å². The van der Waals surface area contributed by atoms with Gasteiger partial charge in [-0.1, -0.05) is 17.7 Å². The van der Waals surface area contributed by atoms with Crippen LogP contribution < -0.4 is 15.4 Å². The number of para-hydroxylation sites is 1. The summed E-state index contributed by atoms with van der Waals surface area (Å²) in [5.74, 6) is 0.206. The lowest BCUT2D eigenvalue weighted by atomic mass is 10.2. The molecule has 0 saturated carbocycles. The SMILES string of the molecule is COc1ccc(Cl)cc1Nc1cc(Nc2c(F)cccc2F)nc(C)n1. The maximum absolute atomic E-state index is 13.8. The number of rotatable bonds is 5. The molecule has 134 valence electrons. The maximum Gasteiger partial charge on any atom is 0.149 e. The zero-order chi connectivity index (χ0) is 18.7. The number of methoxy groups -OCH3 is 1.